The highest BCUT2D eigenvalue weighted by molar-refractivity contribution is 5.85. The molecule has 2 rings (SSSR count). The van der Waals surface area contributed by atoms with Crippen LogP contribution in [0, 0.1) is 10.1 Å². The standard InChI is InChI=1S/C14H18N4O5.ClH/c15-6-2-7-16-13(19)3-1-8-17-11-5-4-10(18(21)22)9-12(11)23-14(17)20;/h4-5,9H,1-3,6-8,15H2,(H,16,19);1H. The number of rotatable bonds is 8. The van der Waals surface area contributed by atoms with Crippen molar-refractivity contribution in [3.05, 3.63) is 38.9 Å². The molecule has 132 valence electrons. The second kappa shape index (κ2) is 9.04. The highest BCUT2D eigenvalue weighted by Crippen LogP contribution is 2.20. The molecule has 24 heavy (non-hydrogen) atoms. The third-order valence-electron chi connectivity index (χ3n) is 3.35. The molecule has 0 radical (unpaired) electrons. The van der Waals surface area contributed by atoms with Gasteiger partial charge in [0.1, 0.15) is 0 Å². The number of nitro benzene ring substituents is 1. The fourth-order valence-electron chi connectivity index (χ4n) is 2.20. The Morgan fingerprint density at radius 1 is 1.38 bits per heavy atom. The van der Waals surface area contributed by atoms with E-state index in [1.807, 2.05) is 0 Å². The van der Waals surface area contributed by atoms with Crippen LogP contribution in [0.4, 0.5) is 5.69 Å². The van der Waals surface area contributed by atoms with E-state index >= 15 is 0 Å². The molecule has 3 N–H and O–H groups in total. The summed E-state index contributed by atoms with van der Waals surface area (Å²) in [6.07, 6.45) is 1.45. The predicted molar refractivity (Wildman–Crippen MR) is 90.3 cm³/mol. The van der Waals surface area contributed by atoms with Gasteiger partial charge in [0, 0.05) is 25.6 Å². The van der Waals surface area contributed by atoms with Gasteiger partial charge in [0.15, 0.2) is 5.58 Å². The second-order valence-corrected chi connectivity index (χ2v) is 5.02. The van der Waals surface area contributed by atoms with Crippen LogP contribution in [0.5, 0.6) is 0 Å². The first-order valence-electron chi connectivity index (χ1n) is 7.27. The zero-order valence-corrected chi connectivity index (χ0v) is 13.7. The highest BCUT2D eigenvalue weighted by atomic mass is 35.5. The molecule has 0 fully saturated rings. The number of hydrogen-bond donors (Lipinski definition) is 2. The van der Waals surface area contributed by atoms with Gasteiger partial charge in [0.25, 0.3) is 5.69 Å². The molecule has 9 nitrogen and oxygen atoms in total. The quantitative estimate of drug-likeness (QED) is 0.413. The number of amides is 1. The van der Waals surface area contributed by atoms with E-state index in [9.17, 15) is 19.7 Å². The average Bonchev–Trinajstić information content (AvgIpc) is 2.82. The number of fused-ring (bicyclic) bond motifs is 1. The first-order valence-corrected chi connectivity index (χ1v) is 7.27. The summed E-state index contributed by atoms with van der Waals surface area (Å²) in [6, 6.07) is 4.00. The van der Waals surface area contributed by atoms with Gasteiger partial charge < -0.3 is 15.5 Å². The Morgan fingerprint density at radius 3 is 2.79 bits per heavy atom. The molecule has 2 aromatic rings. The Kier molecular flexibility index (Phi) is 7.40. The fourth-order valence-corrected chi connectivity index (χ4v) is 2.20. The van der Waals surface area contributed by atoms with E-state index in [4.69, 9.17) is 10.2 Å². The minimum atomic E-state index is -0.593. The van der Waals surface area contributed by atoms with Gasteiger partial charge >= 0.3 is 5.76 Å². The van der Waals surface area contributed by atoms with Crippen LogP contribution in [-0.4, -0.2) is 28.5 Å². The van der Waals surface area contributed by atoms with Gasteiger partial charge in [-0.2, -0.15) is 0 Å². The number of carbonyl (C=O) groups is 1. The smallest absolute Gasteiger partial charge is 0.407 e. The lowest BCUT2D eigenvalue weighted by atomic mass is 10.2. The van der Waals surface area contributed by atoms with Crippen LogP contribution in [-0.2, 0) is 11.3 Å². The van der Waals surface area contributed by atoms with Crippen LogP contribution in [0.3, 0.4) is 0 Å². The molecule has 0 saturated carbocycles. The molecule has 0 bridgehead atoms. The number of non-ortho nitro benzene ring substituents is 1. The molecule has 0 atom stereocenters. The zero-order valence-electron chi connectivity index (χ0n) is 12.9. The Bertz CT molecular complexity index is 770. The Morgan fingerprint density at radius 2 is 2.12 bits per heavy atom. The summed E-state index contributed by atoms with van der Waals surface area (Å²) in [7, 11) is 0. The maximum absolute atomic E-state index is 11.8. The molecule has 1 heterocycles. The molecular weight excluding hydrogens is 340 g/mol. The van der Waals surface area contributed by atoms with E-state index in [1.165, 1.54) is 22.8 Å². The second-order valence-electron chi connectivity index (χ2n) is 5.02. The Labute approximate surface area is 143 Å². The average molecular weight is 359 g/mol. The molecule has 1 aromatic carbocycles. The van der Waals surface area contributed by atoms with Crippen LogP contribution in [0.2, 0.25) is 0 Å². The minimum Gasteiger partial charge on any atom is -0.407 e. The SMILES string of the molecule is Cl.NCCCNC(=O)CCCn1c(=O)oc2cc([N+](=O)[O-])ccc21. The lowest BCUT2D eigenvalue weighted by Crippen LogP contribution is -2.26. The van der Waals surface area contributed by atoms with E-state index in [2.05, 4.69) is 5.32 Å². The van der Waals surface area contributed by atoms with Gasteiger partial charge in [-0.25, -0.2) is 4.79 Å². The van der Waals surface area contributed by atoms with Gasteiger partial charge in [0.05, 0.1) is 16.5 Å². The maximum Gasteiger partial charge on any atom is 0.419 e. The lowest BCUT2D eigenvalue weighted by molar-refractivity contribution is -0.384. The van der Waals surface area contributed by atoms with Crippen molar-refractivity contribution in [3.8, 4) is 0 Å². The molecule has 1 amide bonds. The summed E-state index contributed by atoms with van der Waals surface area (Å²) in [5.41, 5.74) is 5.83. The van der Waals surface area contributed by atoms with Crippen LogP contribution in [0.1, 0.15) is 19.3 Å². The van der Waals surface area contributed by atoms with Gasteiger partial charge in [-0.1, -0.05) is 0 Å². The van der Waals surface area contributed by atoms with Crippen molar-refractivity contribution < 1.29 is 14.1 Å². The van der Waals surface area contributed by atoms with Crippen molar-refractivity contribution in [1.82, 2.24) is 9.88 Å². The molecule has 0 aliphatic rings. The van der Waals surface area contributed by atoms with Crippen LogP contribution >= 0.6 is 12.4 Å². The molecular formula is C14H19ClN4O5. The van der Waals surface area contributed by atoms with Crippen molar-refractivity contribution in [1.29, 1.82) is 0 Å². The lowest BCUT2D eigenvalue weighted by Gasteiger charge is -2.04. The predicted octanol–water partition coefficient (Wildman–Crippen LogP) is 1.17. The molecule has 0 saturated heterocycles. The van der Waals surface area contributed by atoms with Crippen molar-refractivity contribution in [2.24, 2.45) is 5.73 Å². The number of oxazole rings is 1. The van der Waals surface area contributed by atoms with E-state index in [1.54, 1.807) is 0 Å². The number of aryl methyl sites for hydroxylation is 1. The van der Waals surface area contributed by atoms with Gasteiger partial charge in [-0.15, -0.1) is 12.4 Å². The zero-order chi connectivity index (χ0) is 16.8. The van der Waals surface area contributed by atoms with E-state index in [0.29, 0.717) is 31.6 Å². The first-order chi connectivity index (χ1) is 11.0. The fraction of sp³-hybridized carbons (Fsp3) is 0.429. The van der Waals surface area contributed by atoms with Crippen molar-refractivity contribution >= 4 is 35.1 Å². The number of halogens is 1. The molecule has 0 spiro atoms. The molecule has 1 aromatic heterocycles. The normalized spacial score (nSPS) is 10.4. The van der Waals surface area contributed by atoms with Crippen molar-refractivity contribution in [2.45, 2.75) is 25.8 Å². The van der Waals surface area contributed by atoms with E-state index < -0.39 is 10.7 Å². The third-order valence-corrected chi connectivity index (χ3v) is 3.35. The number of hydrogen-bond acceptors (Lipinski definition) is 6. The Balaban J connectivity index is 0.00000288. The Hall–Kier alpha value is -2.39. The summed E-state index contributed by atoms with van der Waals surface area (Å²) in [5, 5.41) is 13.4. The van der Waals surface area contributed by atoms with Gasteiger partial charge in [-0.05, 0) is 25.5 Å². The molecule has 10 heteroatoms. The topological polar surface area (TPSA) is 133 Å². The minimum absolute atomic E-state index is 0. The van der Waals surface area contributed by atoms with Crippen LogP contribution < -0.4 is 16.8 Å². The number of nitrogens with one attached hydrogen (secondary N) is 1. The molecule has 0 aliphatic heterocycles. The number of nitrogens with two attached hydrogens (primary N) is 1. The van der Waals surface area contributed by atoms with Crippen LogP contribution in [0.15, 0.2) is 27.4 Å². The summed E-state index contributed by atoms with van der Waals surface area (Å²) >= 11 is 0. The van der Waals surface area contributed by atoms with Gasteiger partial charge in [-0.3, -0.25) is 19.5 Å². The summed E-state index contributed by atoms with van der Waals surface area (Å²) in [4.78, 5) is 33.6. The third kappa shape index (κ3) is 4.80. The summed E-state index contributed by atoms with van der Waals surface area (Å²) in [5.74, 6) is -0.695. The maximum atomic E-state index is 11.8. The number of aromatic nitrogens is 1. The van der Waals surface area contributed by atoms with E-state index in [0.717, 1.165) is 6.42 Å². The van der Waals surface area contributed by atoms with Gasteiger partial charge in [0.2, 0.25) is 5.91 Å². The highest BCUT2D eigenvalue weighted by Gasteiger charge is 2.14. The first kappa shape index (κ1) is 19.7. The monoisotopic (exact) mass is 358 g/mol. The van der Waals surface area contributed by atoms with E-state index in [-0.39, 0.29) is 36.0 Å². The number of benzene rings is 1. The van der Waals surface area contributed by atoms with Crippen molar-refractivity contribution in [2.75, 3.05) is 13.1 Å². The van der Waals surface area contributed by atoms with Crippen LogP contribution in [0.25, 0.3) is 11.1 Å². The molecule has 0 aliphatic carbocycles. The summed E-state index contributed by atoms with van der Waals surface area (Å²) in [6.45, 7) is 1.35. The summed E-state index contributed by atoms with van der Waals surface area (Å²) < 4.78 is 6.38. The molecule has 0 unspecified atom stereocenters. The number of nitrogens with zero attached hydrogens (tertiary/aromatic N) is 2. The largest absolute Gasteiger partial charge is 0.419 e. The number of nitro groups is 1. The van der Waals surface area contributed by atoms with Crippen molar-refractivity contribution in [3.63, 3.8) is 0 Å². The number of carbonyl (C=O) groups excluding carboxylic acids is 1.